The van der Waals surface area contributed by atoms with Crippen molar-refractivity contribution in [2.45, 2.75) is 23.8 Å². The second kappa shape index (κ2) is 7.34. The van der Waals surface area contributed by atoms with Crippen LogP contribution in [-0.4, -0.2) is 53.0 Å². The number of aromatic nitrogens is 2. The minimum Gasteiger partial charge on any atom is -0.478 e. The highest BCUT2D eigenvalue weighted by Crippen LogP contribution is 2.24. The molecule has 3 rings (SSSR count). The monoisotopic (exact) mass is 381 g/mol. The Balaban J connectivity index is 1.81. The molecule has 26 heavy (non-hydrogen) atoms. The lowest BCUT2D eigenvalue weighted by Crippen LogP contribution is -2.44. The van der Waals surface area contributed by atoms with Crippen LogP contribution in [0.2, 0.25) is 0 Å². The van der Waals surface area contributed by atoms with E-state index in [1.165, 1.54) is 16.8 Å². The van der Waals surface area contributed by atoms with E-state index in [1.807, 2.05) is 0 Å². The maximum absolute atomic E-state index is 13.5. The molecular formula is C16H16FN3O5S. The zero-order chi connectivity index (χ0) is 18.7. The number of carboxylic acid groups (broad SMARTS) is 1. The Labute approximate surface area is 149 Å². The van der Waals surface area contributed by atoms with Gasteiger partial charge in [-0.2, -0.15) is 4.31 Å². The van der Waals surface area contributed by atoms with Gasteiger partial charge in [-0.3, -0.25) is 0 Å². The number of benzene rings is 1. The molecule has 0 unspecified atom stereocenters. The van der Waals surface area contributed by atoms with Gasteiger partial charge in [-0.1, -0.05) is 0 Å². The number of nitrogens with zero attached hydrogens (tertiary/aromatic N) is 3. The van der Waals surface area contributed by atoms with E-state index >= 15 is 0 Å². The lowest BCUT2D eigenvalue weighted by Gasteiger charge is -2.31. The maximum Gasteiger partial charge on any atom is 0.338 e. The average Bonchev–Trinajstić information content (AvgIpc) is 2.63. The summed E-state index contributed by atoms with van der Waals surface area (Å²) in [6.07, 6.45) is 3.68. The van der Waals surface area contributed by atoms with Gasteiger partial charge in [0.15, 0.2) is 0 Å². The molecule has 1 aromatic carbocycles. The molecule has 1 atom stereocenters. The van der Waals surface area contributed by atoms with Crippen LogP contribution in [0, 0.1) is 5.82 Å². The molecule has 1 aromatic heterocycles. The van der Waals surface area contributed by atoms with Crippen molar-refractivity contribution >= 4 is 16.0 Å². The number of ether oxygens (including phenoxy) is 1. The number of sulfonamides is 1. The van der Waals surface area contributed by atoms with Gasteiger partial charge >= 0.3 is 5.97 Å². The standard InChI is InChI=1S/C16H16FN3O5S/c17-14-4-3-12(8-13(14)16(21)22)26(23,24)20-7-1-2-11(9-20)25-15-5-6-18-10-19-15/h3-6,8,10-11H,1-2,7,9H2,(H,21,22)/t11-/m1/s1. The van der Waals surface area contributed by atoms with Crippen LogP contribution < -0.4 is 4.74 Å². The molecule has 1 fully saturated rings. The van der Waals surface area contributed by atoms with Crippen molar-refractivity contribution in [3.63, 3.8) is 0 Å². The Kier molecular flexibility index (Phi) is 5.14. The van der Waals surface area contributed by atoms with E-state index < -0.39 is 33.5 Å². The van der Waals surface area contributed by atoms with Crippen LogP contribution in [0.3, 0.4) is 0 Å². The van der Waals surface area contributed by atoms with Crippen molar-refractivity contribution in [1.82, 2.24) is 14.3 Å². The zero-order valence-electron chi connectivity index (χ0n) is 13.6. The largest absolute Gasteiger partial charge is 0.478 e. The van der Waals surface area contributed by atoms with Crippen molar-refractivity contribution in [2.75, 3.05) is 13.1 Å². The summed E-state index contributed by atoms with van der Waals surface area (Å²) >= 11 is 0. The quantitative estimate of drug-likeness (QED) is 0.837. The summed E-state index contributed by atoms with van der Waals surface area (Å²) in [5.41, 5.74) is -0.683. The molecule has 1 aliphatic heterocycles. The third-order valence-electron chi connectivity index (χ3n) is 3.99. The van der Waals surface area contributed by atoms with Gasteiger partial charge in [-0.05, 0) is 31.0 Å². The Morgan fingerprint density at radius 1 is 1.35 bits per heavy atom. The molecule has 10 heteroatoms. The van der Waals surface area contributed by atoms with Gasteiger partial charge in [0.25, 0.3) is 0 Å². The van der Waals surface area contributed by atoms with Gasteiger partial charge in [0.05, 0.1) is 17.0 Å². The highest BCUT2D eigenvalue weighted by atomic mass is 32.2. The number of carbonyl (C=O) groups is 1. The number of halogens is 1. The Hall–Kier alpha value is -2.59. The predicted molar refractivity (Wildman–Crippen MR) is 87.8 cm³/mol. The lowest BCUT2D eigenvalue weighted by molar-refractivity contribution is 0.0691. The van der Waals surface area contributed by atoms with E-state index in [0.29, 0.717) is 18.7 Å². The van der Waals surface area contributed by atoms with Gasteiger partial charge in [0.2, 0.25) is 15.9 Å². The fourth-order valence-electron chi connectivity index (χ4n) is 2.72. The average molecular weight is 381 g/mol. The van der Waals surface area contributed by atoms with Gasteiger partial charge < -0.3 is 9.84 Å². The smallest absolute Gasteiger partial charge is 0.338 e. The summed E-state index contributed by atoms with van der Waals surface area (Å²) in [6.45, 7) is 0.359. The Morgan fingerprint density at radius 2 is 2.15 bits per heavy atom. The highest BCUT2D eigenvalue weighted by Gasteiger charge is 2.32. The van der Waals surface area contributed by atoms with E-state index in [0.717, 1.165) is 18.2 Å². The molecule has 0 amide bonds. The first-order chi connectivity index (χ1) is 12.4. The number of aromatic carboxylic acids is 1. The minimum atomic E-state index is -3.97. The van der Waals surface area contributed by atoms with Crippen LogP contribution in [0.15, 0.2) is 41.7 Å². The molecule has 0 radical (unpaired) electrons. The third-order valence-corrected chi connectivity index (χ3v) is 5.85. The molecule has 138 valence electrons. The first-order valence-electron chi connectivity index (χ1n) is 7.83. The van der Waals surface area contributed by atoms with E-state index in [-0.39, 0.29) is 18.0 Å². The number of hydrogen-bond acceptors (Lipinski definition) is 6. The van der Waals surface area contributed by atoms with Crippen LogP contribution >= 0.6 is 0 Å². The molecule has 0 saturated carbocycles. The molecule has 2 aromatic rings. The van der Waals surface area contributed by atoms with Crippen molar-refractivity contribution in [2.24, 2.45) is 0 Å². The van der Waals surface area contributed by atoms with Gasteiger partial charge in [-0.15, -0.1) is 0 Å². The summed E-state index contributed by atoms with van der Waals surface area (Å²) in [5, 5.41) is 8.99. The van der Waals surface area contributed by atoms with E-state index in [2.05, 4.69) is 9.97 Å². The van der Waals surface area contributed by atoms with Crippen LogP contribution in [0.4, 0.5) is 4.39 Å². The number of carboxylic acids is 1. The van der Waals surface area contributed by atoms with E-state index in [9.17, 15) is 17.6 Å². The molecule has 1 saturated heterocycles. The van der Waals surface area contributed by atoms with Gasteiger partial charge in [0, 0.05) is 18.8 Å². The number of piperidine rings is 1. The van der Waals surface area contributed by atoms with Crippen LogP contribution in [-0.2, 0) is 10.0 Å². The summed E-state index contributed by atoms with van der Waals surface area (Å²) in [4.78, 5) is 18.5. The van der Waals surface area contributed by atoms with Crippen LogP contribution in [0.25, 0.3) is 0 Å². The Bertz CT molecular complexity index is 907. The number of rotatable bonds is 5. The van der Waals surface area contributed by atoms with E-state index in [4.69, 9.17) is 9.84 Å². The second-order valence-electron chi connectivity index (χ2n) is 5.74. The first kappa shape index (κ1) is 18.2. The van der Waals surface area contributed by atoms with Crippen molar-refractivity contribution in [3.05, 3.63) is 48.2 Å². The van der Waals surface area contributed by atoms with Gasteiger partial charge in [-0.25, -0.2) is 27.6 Å². The fourth-order valence-corrected chi connectivity index (χ4v) is 4.25. The molecule has 0 bridgehead atoms. The SMILES string of the molecule is O=C(O)c1cc(S(=O)(=O)N2CCC[C@@H](Oc3ccncn3)C2)ccc1F. The summed E-state index contributed by atoms with van der Waals surface area (Å²) in [6, 6.07) is 4.32. The van der Waals surface area contributed by atoms with Crippen molar-refractivity contribution < 1.29 is 27.4 Å². The molecular weight excluding hydrogens is 365 g/mol. The zero-order valence-corrected chi connectivity index (χ0v) is 14.4. The molecule has 2 heterocycles. The molecule has 1 aliphatic rings. The fraction of sp³-hybridized carbons (Fsp3) is 0.312. The normalized spacial score (nSPS) is 18.4. The molecule has 1 N–H and O–H groups in total. The summed E-state index contributed by atoms with van der Waals surface area (Å²) in [7, 11) is -3.97. The summed E-state index contributed by atoms with van der Waals surface area (Å²) in [5.74, 6) is -2.16. The summed E-state index contributed by atoms with van der Waals surface area (Å²) < 4.78 is 46.0. The molecule has 0 aliphatic carbocycles. The maximum atomic E-state index is 13.5. The highest BCUT2D eigenvalue weighted by molar-refractivity contribution is 7.89. The number of hydrogen-bond donors (Lipinski definition) is 1. The third kappa shape index (κ3) is 3.81. The second-order valence-corrected chi connectivity index (χ2v) is 7.68. The van der Waals surface area contributed by atoms with E-state index in [1.54, 1.807) is 6.07 Å². The predicted octanol–water partition coefficient (Wildman–Crippen LogP) is 1.55. The topological polar surface area (TPSA) is 110 Å². The van der Waals surface area contributed by atoms with Crippen LogP contribution in [0.5, 0.6) is 5.88 Å². The van der Waals surface area contributed by atoms with Crippen molar-refractivity contribution in [3.8, 4) is 5.88 Å². The lowest BCUT2D eigenvalue weighted by atomic mass is 10.1. The molecule has 0 spiro atoms. The van der Waals surface area contributed by atoms with Crippen molar-refractivity contribution in [1.29, 1.82) is 0 Å². The molecule has 8 nitrogen and oxygen atoms in total. The minimum absolute atomic E-state index is 0.0894. The Morgan fingerprint density at radius 3 is 2.85 bits per heavy atom. The van der Waals surface area contributed by atoms with Crippen LogP contribution in [0.1, 0.15) is 23.2 Å². The van der Waals surface area contributed by atoms with Gasteiger partial charge in [0.1, 0.15) is 18.2 Å². The first-order valence-corrected chi connectivity index (χ1v) is 9.27.